The minimum absolute atomic E-state index is 0.0713. The molecular weight excluding hydrogens is 262 g/mol. The summed E-state index contributed by atoms with van der Waals surface area (Å²) in [5.41, 5.74) is 0.0860. The molecule has 2 rings (SSSR count). The molecular formula is C13H7ClF2O2. The highest BCUT2D eigenvalue weighted by molar-refractivity contribution is 6.33. The molecule has 0 fully saturated rings. The Morgan fingerprint density at radius 1 is 1.11 bits per heavy atom. The summed E-state index contributed by atoms with van der Waals surface area (Å²) in [5.74, 6) is -1.60. The molecule has 0 saturated heterocycles. The van der Waals surface area contributed by atoms with Crippen molar-refractivity contribution in [1.29, 1.82) is 0 Å². The Hall–Kier alpha value is -1.94. The lowest BCUT2D eigenvalue weighted by Crippen LogP contribution is -1.94. The van der Waals surface area contributed by atoms with Crippen LogP contribution >= 0.6 is 11.6 Å². The van der Waals surface area contributed by atoms with Gasteiger partial charge in [-0.15, -0.1) is 0 Å². The van der Waals surface area contributed by atoms with Gasteiger partial charge in [-0.2, -0.15) is 0 Å². The Labute approximate surface area is 107 Å². The largest absolute Gasteiger partial charge is 0.453 e. The normalized spacial score (nSPS) is 10.2. The van der Waals surface area contributed by atoms with E-state index in [1.54, 1.807) is 6.07 Å². The van der Waals surface area contributed by atoms with Crippen molar-refractivity contribution >= 4 is 17.9 Å². The predicted molar refractivity (Wildman–Crippen MR) is 63.3 cm³/mol. The average molecular weight is 269 g/mol. The van der Waals surface area contributed by atoms with Crippen molar-refractivity contribution in [3.8, 4) is 11.5 Å². The predicted octanol–water partition coefficient (Wildman–Crippen LogP) is 4.22. The number of rotatable bonds is 3. The van der Waals surface area contributed by atoms with Crippen molar-refractivity contribution in [2.45, 2.75) is 0 Å². The zero-order chi connectivity index (χ0) is 13.1. The first-order valence-corrected chi connectivity index (χ1v) is 5.36. The average Bonchev–Trinajstić information content (AvgIpc) is 2.34. The summed E-state index contributed by atoms with van der Waals surface area (Å²) >= 11 is 5.79. The molecule has 92 valence electrons. The summed E-state index contributed by atoms with van der Waals surface area (Å²) in [5, 5.41) is 0.180. The molecule has 2 nitrogen and oxygen atoms in total. The van der Waals surface area contributed by atoms with Crippen LogP contribution in [-0.2, 0) is 0 Å². The number of carbonyl (C=O) groups is 1. The van der Waals surface area contributed by atoms with Crippen LogP contribution in [-0.4, -0.2) is 6.29 Å². The van der Waals surface area contributed by atoms with E-state index in [-0.39, 0.29) is 22.1 Å². The number of carbonyl (C=O) groups excluding carboxylic acids is 1. The molecule has 0 radical (unpaired) electrons. The molecule has 0 unspecified atom stereocenters. The topological polar surface area (TPSA) is 26.3 Å². The Balaban J connectivity index is 2.43. The highest BCUT2D eigenvalue weighted by Crippen LogP contribution is 2.30. The molecule has 0 bridgehead atoms. The number of aldehydes is 1. The van der Waals surface area contributed by atoms with Gasteiger partial charge in [0.1, 0.15) is 11.6 Å². The summed E-state index contributed by atoms with van der Waals surface area (Å²) in [7, 11) is 0. The molecule has 0 aliphatic carbocycles. The fourth-order valence-corrected chi connectivity index (χ4v) is 1.60. The number of ether oxygens (including phenoxy) is 1. The van der Waals surface area contributed by atoms with Crippen molar-refractivity contribution in [3.05, 3.63) is 58.6 Å². The van der Waals surface area contributed by atoms with Gasteiger partial charge in [0.2, 0.25) is 0 Å². The van der Waals surface area contributed by atoms with Crippen LogP contribution in [0.2, 0.25) is 5.02 Å². The van der Waals surface area contributed by atoms with E-state index in [9.17, 15) is 13.6 Å². The number of benzene rings is 2. The Kier molecular flexibility index (Phi) is 3.58. The van der Waals surface area contributed by atoms with Crippen molar-refractivity contribution < 1.29 is 18.3 Å². The quantitative estimate of drug-likeness (QED) is 0.779. The third-order valence-corrected chi connectivity index (χ3v) is 2.57. The third kappa shape index (κ3) is 2.49. The van der Waals surface area contributed by atoms with Gasteiger partial charge in [0.25, 0.3) is 0 Å². The van der Waals surface area contributed by atoms with E-state index in [0.29, 0.717) is 6.29 Å². The maximum atomic E-state index is 13.4. The van der Waals surface area contributed by atoms with Gasteiger partial charge in [-0.05, 0) is 24.3 Å². The van der Waals surface area contributed by atoms with E-state index in [4.69, 9.17) is 16.3 Å². The lowest BCUT2D eigenvalue weighted by molar-refractivity contribution is 0.112. The second kappa shape index (κ2) is 5.14. The number of hydrogen-bond acceptors (Lipinski definition) is 2. The van der Waals surface area contributed by atoms with Gasteiger partial charge in [-0.25, -0.2) is 8.78 Å². The second-order valence-electron chi connectivity index (χ2n) is 3.45. The molecule has 0 aromatic heterocycles. The number of hydrogen-bond donors (Lipinski definition) is 0. The van der Waals surface area contributed by atoms with Crippen LogP contribution in [0.1, 0.15) is 10.4 Å². The molecule has 0 atom stereocenters. The Morgan fingerprint density at radius 3 is 2.61 bits per heavy atom. The summed E-state index contributed by atoms with van der Waals surface area (Å²) < 4.78 is 31.5. The van der Waals surface area contributed by atoms with E-state index in [2.05, 4.69) is 0 Å². The van der Waals surface area contributed by atoms with Crippen molar-refractivity contribution in [1.82, 2.24) is 0 Å². The van der Waals surface area contributed by atoms with Gasteiger partial charge in [0.05, 0.1) is 10.6 Å². The molecule has 2 aromatic carbocycles. The second-order valence-corrected chi connectivity index (χ2v) is 3.85. The fraction of sp³-hybridized carbons (Fsp3) is 0. The molecule has 0 heterocycles. The maximum Gasteiger partial charge on any atom is 0.166 e. The summed E-state index contributed by atoms with van der Waals surface area (Å²) in [6.45, 7) is 0. The van der Waals surface area contributed by atoms with Crippen molar-refractivity contribution in [2.75, 3.05) is 0 Å². The van der Waals surface area contributed by atoms with Crippen LogP contribution in [0.3, 0.4) is 0 Å². The van der Waals surface area contributed by atoms with Gasteiger partial charge in [-0.3, -0.25) is 4.79 Å². The Bertz CT molecular complexity index is 600. The fourth-order valence-electron chi connectivity index (χ4n) is 1.39. The van der Waals surface area contributed by atoms with E-state index < -0.39 is 11.6 Å². The first-order chi connectivity index (χ1) is 8.61. The van der Waals surface area contributed by atoms with Gasteiger partial charge < -0.3 is 4.74 Å². The molecule has 2 aromatic rings. The molecule has 0 amide bonds. The van der Waals surface area contributed by atoms with E-state index in [1.807, 2.05) is 0 Å². The molecule has 0 N–H and O–H groups in total. The highest BCUT2D eigenvalue weighted by atomic mass is 35.5. The van der Waals surface area contributed by atoms with Gasteiger partial charge in [0.15, 0.2) is 17.9 Å². The van der Waals surface area contributed by atoms with Crippen molar-refractivity contribution in [2.24, 2.45) is 0 Å². The smallest absolute Gasteiger partial charge is 0.166 e. The summed E-state index contributed by atoms with van der Waals surface area (Å²) in [6.07, 6.45) is 0.495. The zero-order valence-electron chi connectivity index (χ0n) is 8.99. The maximum absolute atomic E-state index is 13.4. The zero-order valence-corrected chi connectivity index (χ0v) is 9.75. The minimum Gasteiger partial charge on any atom is -0.453 e. The van der Waals surface area contributed by atoms with Gasteiger partial charge >= 0.3 is 0 Å². The minimum atomic E-state index is -0.728. The molecule has 0 spiro atoms. The third-order valence-electron chi connectivity index (χ3n) is 2.24. The highest BCUT2D eigenvalue weighted by Gasteiger charge is 2.11. The molecule has 0 saturated carbocycles. The summed E-state index contributed by atoms with van der Waals surface area (Å²) in [6, 6.07) is 7.29. The monoisotopic (exact) mass is 268 g/mol. The SMILES string of the molecule is O=Cc1c(Cl)cccc1Oc1cc(F)ccc1F. The first kappa shape index (κ1) is 12.5. The number of halogens is 3. The lowest BCUT2D eigenvalue weighted by atomic mass is 10.2. The van der Waals surface area contributed by atoms with Crippen molar-refractivity contribution in [3.63, 3.8) is 0 Å². The van der Waals surface area contributed by atoms with Crippen LogP contribution in [0.15, 0.2) is 36.4 Å². The van der Waals surface area contributed by atoms with E-state index >= 15 is 0 Å². The Morgan fingerprint density at radius 2 is 1.89 bits per heavy atom. The molecule has 0 aliphatic rings. The molecule has 0 aliphatic heterocycles. The van der Waals surface area contributed by atoms with Gasteiger partial charge in [0, 0.05) is 6.07 Å². The molecule has 5 heteroatoms. The van der Waals surface area contributed by atoms with Crippen LogP contribution < -0.4 is 4.74 Å². The van der Waals surface area contributed by atoms with Crippen LogP contribution in [0, 0.1) is 11.6 Å². The van der Waals surface area contributed by atoms with Crippen LogP contribution in [0.4, 0.5) is 8.78 Å². The van der Waals surface area contributed by atoms with Crippen LogP contribution in [0.5, 0.6) is 11.5 Å². The van der Waals surface area contributed by atoms with E-state index in [1.165, 1.54) is 12.1 Å². The lowest BCUT2D eigenvalue weighted by Gasteiger charge is -2.09. The molecule has 18 heavy (non-hydrogen) atoms. The van der Waals surface area contributed by atoms with E-state index in [0.717, 1.165) is 18.2 Å². The first-order valence-electron chi connectivity index (χ1n) is 4.98. The van der Waals surface area contributed by atoms with Gasteiger partial charge in [-0.1, -0.05) is 17.7 Å². The van der Waals surface area contributed by atoms with Crippen LogP contribution in [0.25, 0.3) is 0 Å². The summed E-state index contributed by atoms with van der Waals surface area (Å²) in [4.78, 5) is 10.9. The standard InChI is InChI=1S/C13H7ClF2O2/c14-10-2-1-3-12(9(10)7-17)18-13-6-8(15)4-5-11(13)16/h1-7H.